The lowest BCUT2D eigenvalue weighted by atomic mass is 10.2. The summed E-state index contributed by atoms with van der Waals surface area (Å²) in [7, 11) is 0. The predicted molar refractivity (Wildman–Crippen MR) is 93.5 cm³/mol. The maximum absolute atomic E-state index is 12.0. The zero-order valence-corrected chi connectivity index (χ0v) is 14.6. The number of nitro benzene ring substituents is 1. The molecule has 0 aliphatic carbocycles. The number of carbonyl (C=O) groups excluding carboxylic acids is 2. The number of nitro groups is 1. The molecule has 10 heteroatoms. The van der Waals surface area contributed by atoms with Crippen molar-refractivity contribution in [3.05, 3.63) is 67.1 Å². The number of anilines is 1. The van der Waals surface area contributed by atoms with Gasteiger partial charge in [-0.3, -0.25) is 14.9 Å². The fourth-order valence-corrected chi connectivity index (χ4v) is 2.35. The third-order valence-corrected chi connectivity index (χ3v) is 3.99. The Bertz CT molecular complexity index is 857. The Morgan fingerprint density at radius 3 is 2.56 bits per heavy atom. The Balaban J connectivity index is 2.05. The minimum Gasteiger partial charge on any atom is -0.452 e. The lowest BCUT2D eigenvalue weighted by molar-refractivity contribution is -0.385. The number of rotatable bonds is 5. The number of carbonyl (C=O) groups is 2. The minimum atomic E-state index is -1.05. The van der Waals surface area contributed by atoms with E-state index in [-0.39, 0.29) is 26.3 Å². The van der Waals surface area contributed by atoms with Gasteiger partial charge in [-0.05, 0) is 24.3 Å². The van der Waals surface area contributed by atoms with Crippen LogP contribution in [0.5, 0.6) is 0 Å². The monoisotopic (exact) mass is 402 g/mol. The van der Waals surface area contributed by atoms with E-state index < -0.39 is 29.1 Å². The average molecular weight is 404 g/mol. The maximum atomic E-state index is 12.0. The molecule has 0 radical (unpaired) electrons. The van der Waals surface area contributed by atoms with Crippen molar-refractivity contribution in [3.8, 4) is 0 Å². The number of ether oxygens (including phenoxy) is 1. The van der Waals surface area contributed by atoms with E-state index in [2.05, 4.69) is 5.32 Å². The Morgan fingerprint density at radius 1 is 1.16 bits per heavy atom. The summed E-state index contributed by atoms with van der Waals surface area (Å²) in [6, 6.07) is 8.06. The molecule has 0 aromatic heterocycles. The normalized spacial score (nSPS) is 10.2. The maximum Gasteiger partial charge on any atom is 0.345 e. The van der Waals surface area contributed by atoms with Crippen LogP contribution in [0.15, 0.2) is 36.4 Å². The number of amides is 1. The second kappa shape index (κ2) is 8.15. The number of esters is 1. The number of nitrogens with zero attached hydrogens (tertiary/aromatic N) is 1. The first-order valence-electron chi connectivity index (χ1n) is 6.64. The standard InChI is InChI=1S/C15H9Cl3N2O5/c16-8-4-5-12(20(23)24)9(6-8)15(22)25-7-13(21)19-11-3-1-2-10(17)14(11)18/h1-6H,7H2,(H,19,21). The number of benzene rings is 2. The predicted octanol–water partition coefficient (Wildman–Crippen LogP) is 4.35. The lowest BCUT2D eigenvalue weighted by Gasteiger charge is -2.09. The van der Waals surface area contributed by atoms with Crippen LogP contribution in [-0.4, -0.2) is 23.4 Å². The summed E-state index contributed by atoms with van der Waals surface area (Å²) in [6.45, 7) is -0.675. The van der Waals surface area contributed by atoms with Crippen molar-refractivity contribution in [1.82, 2.24) is 0 Å². The average Bonchev–Trinajstić information content (AvgIpc) is 2.56. The number of nitrogens with one attached hydrogen (secondary N) is 1. The molecule has 0 aliphatic heterocycles. The van der Waals surface area contributed by atoms with E-state index >= 15 is 0 Å². The smallest absolute Gasteiger partial charge is 0.345 e. The largest absolute Gasteiger partial charge is 0.452 e. The summed E-state index contributed by atoms with van der Waals surface area (Å²) in [5.74, 6) is -1.75. The van der Waals surface area contributed by atoms with Gasteiger partial charge >= 0.3 is 5.97 Å². The molecular formula is C15H9Cl3N2O5. The molecule has 2 aromatic carbocycles. The van der Waals surface area contributed by atoms with Crippen molar-refractivity contribution in [1.29, 1.82) is 0 Å². The summed E-state index contributed by atoms with van der Waals surface area (Å²) in [5, 5.41) is 13.8. The topological polar surface area (TPSA) is 98.5 Å². The molecule has 2 aromatic rings. The molecule has 2 rings (SSSR count). The molecule has 0 saturated carbocycles. The molecule has 0 saturated heterocycles. The Morgan fingerprint density at radius 2 is 1.88 bits per heavy atom. The van der Waals surface area contributed by atoms with Gasteiger partial charge in [0.15, 0.2) is 6.61 Å². The highest BCUT2D eigenvalue weighted by Crippen LogP contribution is 2.29. The lowest BCUT2D eigenvalue weighted by Crippen LogP contribution is -2.21. The van der Waals surface area contributed by atoms with Gasteiger partial charge in [0.1, 0.15) is 5.56 Å². The van der Waals surface area contributed by atoms with Crippen LogP contribution in [0, 0.1) is 10.1 Å². The molecule has 1 N–H and O–H groups in total. The van der Waals surface area contributed by atoms with E-state index in [9.17, 15) is 19.7 Å². The summed E-state index contributed by atoms with van der Waals surface area (Å²) in [5.41, 5.74) is -0.595. The zero-order valence-electron chi connectivity index (χ0n) is 12.3. The molecule has 0 fully saturated rings. The first-order chi connectivity index (χ1) is 11.8. The van der Waals surface area contributed by atoms with Gasteiger partial charge in [-0.15, -0.1) is 0 Å². The van der Waals surface area contributed by atoms with Gasteiger partial charge in [-0.25, -0.2) is 4.79 Å². The van der Waals surface area contributed by atoms with Gasteiger partial charge in [0, 0.05) is 11.1 Å². The molecule has 0 bridgehead atoms. The van der Waals surface area contributed by atoms with E-state index in [0.717, 1.165) is 12.1 Å². The third-order valence-electron chi connectivity index (χ3n) is 2.94. The first-order valence-corrected chi connectivity index (χ1v) is 7.78. The van der Waals surface area contributed by atoms with Gasteiger partial charge in [-0.1, -0.05) is 40.9 Å². The molecule has 0 aliphatic rings. The van der Waals surface area contributed by atoms with Crippen LogP contribution in [0.4, 0.5) is 11.4 Å². The van der Waals surface area contributed by atoms with Crippen molar-refractivity contribution in [2.24, 2.45) is 0 Å². The van der Waals surface area contributed by atoms with Crippen molar-refractivity contribution >= 4 is 58.1 Å². The highest BCUT2D eigenvalue weighted by molar-refractivity contribution is 6.44. The van der Waals surface area contributed by atoms with Crippen molar-refractivity contribution in [2.75, 3.05) is 11.9 Å². The van der Waals surface area contributed by atoms with Crippen molar-refractivity contribution < 1.29 is 19.2 Å². The van der Waals surface area contributed by atoms with Crippen molar-refractivity contribution in [2.45, 2.75) is 0 Å². The van der Waals surface area contributed by atoms with Gasteiger partial charge in [-0.2, -0.15) is 0 Å². The highest BCUT2D eigenvalue weighted by atomic mass is 35.5. The molecule has 1 amide bonds. The van der Waals surface area contributed by atoms with Crippen LogP contribution in [0.1, 0.15) is 10.4 Å². The van der Waals surface area contributed by atoms with Crippen LogP contribution in [0.25, 0.3) is 0 Å². The van der Waals surface area contributed by atoms with E-state index in [1.54, 1.807) is 6.07 Å². The Kier molecular flexibility index (Phi) is 6.19. The van der Waals surface area contributed by atoms with E-state index in [1.807, 2.05) is 0 Å². The molecule has 0 atom stereocenters. The minimum absolute atomic E-state index is 0.118. The summed E-state index contributed by atoms with van der Waals surface area (Å²) in [6.07, 6.45) is 0. The zero-order chi connectivity index (χ0) is 18.6. The Hall–Kier alpha value is -2.35. The molecule has 0 spiro atoms. The summed E-state index contributed by atoms with van der Waals surface area (Å²) < 4.78 is 4.79. The first kappa shape index (κ1) is 19.0. The van der Waals surface area contributed by atoms with E-state index in [1.165, 1.54) is 18.2 Å². The fraction of sp³-hybridized carbons (Fsp3) is 0.0667. The van der Waals surface area contributed by atoms with Crippen molar-refractivity contribution in [3.63, 3.8) is 0 Å². The number of hydrogen-bond acceptors (Lipinski definition) is 5. The van der Waals surface area contributed by atoms with E-state index in [4.69, 9.17) is 39.5 Å². The molecule has 130 valence electrons. The molecule has 0 heterocycles. The van der Waals surface area contributed by atoms with Gasteiger partial charge in [0.25, 0.3) is 11.6 Å². The molecule has 0 unspecified atom stereocenters. The second-order valence-corrected chi connectivity index (χ2v) is 5.87. The highest BCUT2D eigenvalue weighted by Gasteiger charge is 2.22. The SMILES string of the molecule is O=C(COC(=O)c1cc(Cl)ccc1[N+](=O)[O-])Nc1cccc(Cl)c1Cl. The van der Waals surface area contributed by atoms with Crippen LogP contribution in [0.3, 0.4) is 0 Å². The quantitative estimate of drug-likeness (QED) is 0.454. The van der Waals surface area contributed by atoms with Gasteiger partial charge in [0.2, 0.25) is 0 Å². The van der Waals surface area contributed by atoms with Crippen LogP contribution < -0.4 is 5.32 Å². The molecule has 7 nitrogen and oxygen atoms in total. The second-order valence-electron chi connectivity index (χ2n) is 4.64. The number of halogens is 3. The van der Waals surface area contributed by atoms with Crippen LogP contribution in [-0.2, 0) is 9.53 Å². The summed E-state index contributed by atoms with van der Waals surface area (Å²) in [4.78, 5) is 34.0. The van der Waals surface area contributed by atoms with E-state index in [0.29, 0.717) is 0 Å². The third kappa shape index (κ3) is 4.82. The van der Waals surface area contributed by atoms with Gasteiger partial charge in [0.05, 0.1) is 20.7 Å². The fourth-order valence-electron chi connectivity index (χ4n) is 1.83. The Labute approximate surface area is 156 Å². The van der Waals surface area contributed by atoms with Crippen LogP contribution >= 0.6 is 34.8 Å². The van der Waals surface area contributed by atoms with Gasteiger partial charge < -0.3 is 10.1 Å². The molecular weight excluding hydrogens is 395 g/mol. The number of hydrogen-bond donors (Lipinski definition) is 1. The summed E-state index contributed by atoms with van der Waals surface area (Å²) >= 11 is 17.5. The van der Waals surface area contributed by atoms with Crippen LogP contribution in [0.2, 0.25) is 15.1 Å². The molecule has 25 heavy (non-hydrogen) atoms.